The van der Waals surface area contributed by atoms with E-state index in [4.69, 9.17) is 5.11 Å². The van der Waals surface area contributed by atoms with Gasteiger partial charge in [0.25, 0.3) is 0 Å². The first kappa shape index (κ1) is 13.8. The van der Waals surface area contributed by atoms with E-state index in [1.165, 1.54) is 0 Å². The number of likely N-dealkylation sites (N-methyl/N-ethyl adjacent to an activating group) is 3. The Hall–Kier alpha value is -0.160. The van der Waals surface area contributed by atoms with Crippen LogP contribution in [0.5, 0.6) is 0 Å². The highest BCUT2D eigenvalue weighted by Crippen LogP contribution is 1.93. The molecule has 0 spiro atoms. The summed E-state index contributed by atoms with van der Waals surface area (Å²) >= 11 is 0. The number of hydrogen-bond acceptors (Lipinski definition) is 4. The van der Waals surface area contributed by atoms with Gasteiger partial charge in [0.15, 0.2) is 0 Å². The second-order valence-corrected chi connectivity index (χ2v) is 4.06. The SMILES string of the molecule is CNC(CO)CCN(C)CCN(C)C. The summed E-state index contributed by atoms with van der Waals surface area (Å²) in [6.07, 6.45) is 0.997. The van der Waals surface area contributed by atoms with Gasteiger partial charge in [0.1, 0.15) is 0 Å². The van der Waals surface area contributed by atoms with Crippen molar-refractivity contribution in [3.63, 3.8) is 0 Å². The molecule has 0 aliphatic carbocycles. The second-order valence-electron chi connectivity index (χ2n) is 4.06. The number of hydrogen-bond donors (Lipinski definition) is 2. The third-order valence-corrected chi connectivity index (χ3v) is 2.42. The van der Waals surface area contributed by atoms with Gasteiger partial charge in [0.05, 0.1) is 6.61 Å². The van der Waals surface area contributed by atoms with E-state index in [9.17, 15) is 0 Å². The van der Waals surface area contributed by atoms with Gasteiger partial charge in [-0.25, -0.2) is 0 Å². The summed E-state index contributed by atoms with van der Waals surface area (Å²) in [6.45, 7) is 3.41. The van der Waals surface area contributed by atoms with Crippen LogP contribution in [0.4, 0.5) is 0 Å². The van der Waals surface area contributed by atoms with Crippen molar-refractivity contribution in [1.29, 1.82) is 0 Å². The minimum Gasteiger partial charge on any atom is -0.395 e. The quantitative estimate of drug-likeness (QED) is 0.555. The number of nitrogens with zero attached hydrogens (tertiary/aromatic N) is 2. The van der Waals surface area contributed by atoms with Gasteiger partial charge in [0, 0.05) is 19.1 Å². The van der Waals surface area contributed by atoms with Gasteiger partial charge in [0.2, 0.25) is 0 Å². The van der Waals surface area contributed by atoms with Gasteiger partial charge in [-0.15, -0.1) is 0 Å². The monoisotopic (exact) mass is 203 g/mol. The molecule has 0 aliphatic rings. The first-order valence-corrected chi connectivity index (χ1v) is 5.21. The summed E-state index contributed by atoms with van der Waals surface area (Å²) in [4.78, 5) is 4.47. The van der Waals surface area contributed by atoms with Crippen LogP contribution in [-0.4, -0.2) is 75.4 Å². The lowest BCUT2D eigenvalue weighted by Crippen LogP contribution is -2.35. The molecule has 0 aromatic carbocycles. The van der Waals surface area contributed by atoms with Crippen molar-refractivity contribution < 1.29 is 5.11 Å². The average Bonchev–Trinajstić information content (AvgIpc) is 2.16. The summed E-state index contributed by atoms with van der Waals surface area (Å²) in [5.41, 5.74) is 0. The van der Waals surface area contributed by atoms with Crippen LogP contribution in [0.15, 0.2) is 0 Å². The van der Waals surface area contributed by atoms with Crippen molar-refractivity contribution in [2.45, 2.75) is 12.5 Å². The maximum atomic E-state index is 8.97. The summed E-state index contributed by atoms with van der Waals surface area (Å²) in [5.74, 6) is 0. The highest BCUT2D eigenvalue weighted by molar-refractivity contribution is 4.65. The van der Waals surface area contributed by atoms with Gasteiger partial charge in [-0.1, -0.05) is 0 Å². The molecule has 0 aromatic rings. The molecule has 0 radical (unpaired) electrons. The van der Waals surface area contributed by atoms with Crippen LogP contribution in [0, 0.1) is 0 Å². The molecule has 4 heteroatoms. The van der Waals surface area contributed by atoms with Crippen molar-refractivity contribution >= 4 is 0 Å². The number of rotatable bonds is 8. The molecule has 1 unspecified atom stereocenters. The van der Waals surface area contributed by atoms with Gasteiger partial charge in [-0.2, -0.15) is 0 Å². The zero-order chi connectivity index (χ0) is 11.0. The molecule has 0 rings (SSSR count). The van der Waals surface area contributed by atoms with Crippen LogP contribution in [-0.2, 0) is 0 Å². The summed E-state index contributed by atoms with van der Waals surface area (Å²) in [5, 5.41) is 12.1. The molecule has 2 N–H and O–H groups in total. The first-order valence-electron chi connectivity index (χ1n) is 5.21. The average molecular weight is 203 g/mol. The van der Waals surface area contributed by atoms with Crippen LogP contribution in [0.3, 0.4) is 0 Å². The Bertz CT molecular complexity index is 127. The number of aliphatic hydroxyl groups excluding tert-OH is 1. The standard InChI is InChI=1S/C10H25N3O/c1-11-10(9-14)5-6-13(4)8-7-12(2)3/h10-11,14H,5-9H2,1-4H3. The molecule has 0 fully saturated rings. The topological polar surface area (TPSA) is 38.7 Å². The van der Waals surface area contributed by atoms with Crippen LogP contribution in [0.1, 0.15) is 6.42 Å². The van der Waals surface area contributed by atoms with Crippen molar-refractivity contribution in [2.24, 2.45) is 0 Å². The van der Waals surface area contributed by atoms with E-state index in [0.717, 1.165) is 26.1 Å². The van der Waals surface area contributed by atoms with Crippen LogP contribution in [0.25, 0.3) is 0 Å². The molecular formula is C10H25N3O. The third kappa shape index (κ3) is 7.26. The van der Waals surface area contributed by atoms with E-state index >= 15 is 0 Å². The van der Waals surface area contributed by atoms with E-state index in [-0.39, 0.29) is 12.6 Å². The van der Waals surface area contributed by atoms with Gasteiger partial charge < -0.3 is 20.2 Å². The summed E-state index contributed by atoms with van der Waals surface area (Å²) in [6, 6.07) is 0.233. The maximum Gasteiger partial charge on any atom is 0.0585 e. The molecule has 1 atom stereocenters. The maximum absolute atomic E-state index is 8.97. The fourth-order valence-corrected chi connectivity index (χ4v) is 1.19. The predicted molar refractivity (Wildman–Crippen MR) is 60.6 cm³/mol. The normalized spacial score (nSPS) is 13.9. The molecular weight excluding hydrogens is 178 g/mol. The fourth-order valence-electron chi connectivity index (χ4n) is 1.19. The lowest BCUT2D eigenvalue weighted by atomic mass is 10.2. The number of aliphatic hydroxyl groups is 1. The van der Waals surface area contributed by atoms with E-state index < -0.39 is 0 Å². The van der Waals surface area contributed by atoms with E-state index in [1.54, 1.807) is 0 Å². The highest BCUT2D eigenvalue weighted by atomic mass is 16.3. The third-order valence-electron chi connectivity index (χ3n) is 2.42. The summed E-state index contributed by atoms with van der Waals surface area (Å²) in [7, 11) is 8.17. The molecule has 0 amide bonds. The van der Waals surface area contributed by atoms with E-state index in [1.807, 2.05) is 7.05 Å². The van der Waals surface area contributed by atoms with Crippen molar-refractivity contribution in [3.05, 3.63) is 0 Å². The molecule has 0 saturated heterocycles. The lowest BCUT2D eigenvalue weighted by Gasteiger charge is -2.21. The molecule has 0 aromatic heterocycles. The van der Waals surface area contributed by atoms with E-state index in [0.29, 0.717) is 0 Å². The Kier molecular flexibility index (Phi) is 8.08. The number of nitrogens with one attached hydrogen (secondary N) is 1. The highest BCUT2D eigenvalue weighted by Gasteiger charge is 2.05. The van der Waals surface area contributed by atoms with Crippen LogP contribution < -0.4 is 5.32 Å². The van der Waals surface area contributed by atoms with Gasteiger partial charge >= 0.3 is 0 Å². The minimum atomic E-state index is 0.220. The summed E-state index contributed by atoms with van der Waals surface area (Å²) < 4.78 is 0. The predicted octanol–water partition coefficient (Wildman–Crippen LogP) is -0.550. The molecule has 14 heavy (non-hydrogen) atoms. The largest absolute Gasteiger partial charge is 0.395 e. The second kappa shape index (κ2) is 8.17. The van der Waals surface area contributed by atoms with Crippen LogP contribution >= 0.6 is 0 Å². The van der Waals surface area contributed by atoms with Crippen molar-refractivity contribution in [2.75, 3.05) is 54.4 Å². The Balaban J connectivity index is 3.46. The molecule has 0 aliphatic heterocycles. The molecule has 0 saturated carbocycles. The fraction of sp³-hybridized carbons (Fsp3) is 1.00. The van der Waals surface area contributed by atoms with Crippen molar-refractivity contribution in [3.8, 4) is 0 Å². The van der Waals surface area contributed by atoms with E-state index in [2.05, 4.69) is 36.3 Å². The molecule has 0 bridgehead atoms. The minimum absolute atomic E-state index is 0.220. The first-order chi connectivity index (χ1) is 6.60. The smallest absolute Gasteiger partial charge is 0.0585 e. The molecule has 4 nitrogen and oxygen atoms in total. The molecule has 86 valence electrons. The van der Waals surface area contributed by atoms with Crippen LogP contribution in [0.2, 0.25) is 0 Å². The van der Waals surface area contributed by atoms with Gasteiger partial charge in [-0.3, -0.25) is 0 Å². The zero-order valence-electron chi connectivity index (χ0n) is 9.95. The Morgan fingerprint density at radius 1 is 1.14 bits per heavy atom. The van der Waals surface area contributed by atoms with Gasteiger partial charge in [-0.05, 0) is 41.2 Å². The Labute approximate surface area is 87.9 Å². The molecule has 0 heterocycles. The zero-order valence-corrected chi connectivity index (χ0v) is 9.95. The lowest BCUT2D eigenvalue weighted by molar-refractivity contribution is 0.217. The Morgan fingerprint density at radius 3 is 2.21 bits per heavy atom. The Morgan fingerprint density at radius 2 is 1.79 bits per heavy atom. The van der Waals surface area contributed by atoms with Crippen molar-refractivity contribution in [1.82, 2.24) is 15.1 Å².